The van der Waals surface area contributed by atoms with Gasteiger partial charge < -0.3 is 0 Å². The van der Waals surface area contributed by atoms with E-state index in [0.717, 1.165) is 6.07 Å². The van der Waals surface area contributed by atoms with Gasteiger partial charge in [-0.15, -0.1) is 0 Å². The molecule has 21 heavy (non-hydrogen) atoms. The molecule has 0 spiro atoms. The minimum absolute atomic E-state index is 0.0352. The fraction of sp³-hybridized carbons (Fsp3) is 0.250. The van der Waals surface area contributed by atoms with Gasteiger partial charge in [0.2, 0.25) is 0 Å². The number of alkyl halides is 1. The second kappa shape index (κ2) is 5.31. The normalized spacial score (nSPS) is 21.8. The first kappa shape index (κ1) is 13.8. The summed E-state index contributed by atoms with van der Waals surface area (Å²) < 4.78 is 42.1. The molecule has 2 nitrogen and oxygen atoms in total. The van der Waals surface area contributed by atoms with Crippen LogP contribution in [0.2, 0.25) is 0 Å². The summed E-state index contributed by atoms with van der Waals surface area (Å²) in [6.45, 7) is 0. The third-order valence-corrected chi connectivity index (χ3v) is 3.82. The molecule has 1 aliphatic rings. The van der Waals surface area contributed by atoms with Crippen LogP contribution < -0.4 is 0 Å². The number of hydrogen-bond acceptors (Lipinski definition) is 2. The maximum absolute atomic E-state index is 14.8. The van der Waals surface area contributed by atoms with Gasteiger partial charge >= 0.3 is 0 Å². The lowest BCUT2D eigenvalue weighted by atomic mass is 9.88. The molecular formula is C16H12F3NO. The van der Waals surface area contributed by atoms with Crippen LogP contribution >= 0.6 is 0 Å². The standard InChI is InChI=1S/C16H12F3NO/c17-12-5-1-3-9(15(12)19)10-6-7-13(21)16-11(14(10)18)4-2-8-20-16/h1-5,8,10,14H,6-7H2/t10-,14+/m0/s1. The fourth-order valence-corrected chi connectivity index (χ4v) is 2.76. The number of halogens is 3. The highest BCUT2D eigenvalue weighted by Gasteiger charge is 2.34. The van der Waals surface area contributed by atoms with Crippen LogP contribution in [0.3, 0.4) is 0 Å². The van der Waals surface area contributed by atoms with E-state index in [0.29, 0.717) is 0 Å². The molecule has 0 amide bonds. The minimum atomic E-state index is -1.59. The predicted molar refractivity (Wildman–Crippen MR) is 70.7 cm³/mol. The molecule has 0 N–H and O–H groups in total. The average molecular weight is 291 g/mol. The van der Waals surface area contributed by atoms with Crippen molar-refractivity contribution in [3.8, 4) is 0 Å². The third-order valence-electron chi connectivity index (χ3n) is 3.82. The smallest absolute Gasteiger partial charge is 0.181 e. The number of carbonyl (C=O) groups is 1. The summed E-state index contributed by atoms with van der Waals surface area (Å²) in [5.74, 6) is -3.23. The van der Waals surface area contributed by atoms with Gasteiger partial charge in [0.05, 0.1) is 0 Å². The van der Waals surface area contributed by atoms with Crippen molar-refractivity contribution in [3.63, 3.8) is 0 Å². The molecule has 0 fully saturated rings. The molecule has 1 aliphatic carbocycles. The quantitative estimate of drug-likeness (QED) is 0.739. The number of ketones is 1. The van der Waals surface area contributed by atoms with Crippen LogP contribution in [-0.4, -0.2) is 10.8 Å². The summed E-state index contributed by atoms with van der Waals surface area (Å²) in [4.78, 5) is 15.9. The molecule has 1 aromatic carbocycles. The topological polar surface area (TPSA) is 30.0 Å². The number of aromatic nitrogens is 1. The lowest BCUT2D eigenvalue weighted by molar-refractivity contribution is 0.0975. The molecule has 2 aromatic rings. The Morgan fingerprint density at radius 1 is 1.10 bits per heavy atom. The molecule has 0 radical (unpaired) electrons. The number of benzene rings is 1. The first-order valence-electron chi connectivity index (χ1n) is 6.65. The molecule has 5 heteroatoms. The lowest BCUT2D eigenvalue weighted by Crippen LogP contribution is -2.10. The maximum Gasteiger partial charge on any atom is 0.181 e. The molecule has 3 rings (SSSR count). The molecule has 0 saturated heterocycles. The molecule has 0 bridgehead atoms. The molecule has 0 unspecified atom stereocenters. The van der Waals surface area contributed by atoms with Crippen molar-refractivity contribution < 1.29 is 18.0 Å². The minimum Gasteiger partial charge on any atom is -0.292 e. The van der Waals surface area contributed by atoms with Crippen molar-refractivity contribution in [2.24, 2.45) is 0 Å². The summed E-state index contributed by atoms with van der Waals surface area (Å²) in [5.41, 5.74) is 0.199. The second-order valence-corrected chi connectivity index (χ2v) is 5.05. The Labute approximate surface area is 119 Å². The van der Waals surface area contributed by atoms with E-state index in [4.69, 9.17) is 0 Å². The van der Waals surface area contributed by atoms with Crippen LogP contribution in [-0.2, 0) is 0 Å². The number of fused-ring (bicyclic) bond motifs is 1. The number of nitrogens with zero attached hydrogens (tertiary/aromatic N) is 1. The summed E-state index contributed by atoms with van der Waals surface area (Å²) >= 11 is 0. The zero-order valence-electron chi connectivity index (χ0n) is 11.0. The van der Waals surface area contributed by atoms with Crippen LogP contribution in [0.4, 0.5) is 13.2 Å². The third kappa shape index (κ3) is 2.33. The summed E-state index contributed by atoms with van der Waals surface area (Å²) in [6, 6.07) is 6.70. The van der Waals surface area contributed by atoms with Gasteiger partial charge in [0.25, 0.3) is 0 Å². The second-order valence-electron chi connectivity index (χ2n) is 5.05. The molecule has 1 aromatic heterocycles. The van der Waals surface area contributed by atoms with Crippen LogP contribution in [0.1, 0.15) is 46.5 Å². The lowest BCUT2D eigenvalue weighted by Gasteiger charge is -2.20. The predicted octanol–water partition coefficient (Wildman–Crippen LogP) is 4.13. The van der Waals surface area contributed by atoms with Gasteiger partial charge in [-0.25, -0.2) is 13.2 Å². The van der Waals surface area contributed by atoms with E-state index < -0.39 is 23.7 Å². The molecule has 0 saturated carbocycles. The van der Waals surface area contributed by atoms with Crippen molar-refractivity contribution in [2.45, 2.75) is 24.9 Å². The van der Waals surface area contributed by atoms with Crippen molar-refractivity contribution in [2.75, 3.05) is 0 Å². The van der Waals surface area contributed by atoms with E-state index in [-0.39, 0.29) is 35.4 Å². The molecular weight excluding hydrogens is 279 g/mol. The number of hydrogen-bond donors (Lipinski definition) is 0. The van der Waals surface area contributed by atoms with Gasteiger partial charge in [-0.3, -0.25) is 9.78 Å². The summed E-state index contributed by atoms with van der Waals surface area (Å²) in [7, 11) is 0. The highest BCUT2D eigenvalue weighted by molar-refractivity contribution is 5.96. The zero-order valence-corrected chi connectivity index (χ0v) is 11.0. The van der Waals surface area contributed by atoms with E-state index in [1.54, 1.807) is 0 Å². The highest BCUT2D eigenvalue weighted by atomic mass is 19.2. The SMILES string of the molecule is O=C1CC[C@@H](c2cccc(F)c2F)[C@@H](F)c2cccnc21. The van der Waals surface area contributed by atoms with Crippen LogP contribution in [0.5, 0.6) is 0 Å². The Balaban J connectivity index is 2.10. The Morgan fingerprint density at radius 3 is 2.67 bits per heavy atom. The highest BCUT2D eigenvalue weighted by Crippen LogP contribution is 2.42. The maximum atomic E-state index is 14.8. The van der Waals surface area contributed by atoms with E-state index in [1.165, 1.54) is 30.5 Å². The fourth-order valence-electron chi connectivity index (χ4n) is 2.76. The van der Waals surface area contributed by atoms with E-state index >= 15 is 0 Å². The van der Waals surface area contributed by atoms with Crippen molar-refractivity contribution in [1.29, 1.82) is 0 Å². The Morgan fingerprint density at radius 2 is 1.86 bits per heavy atom. The monoisotopic (exact) mass is 291 g/mol. The first-order valence-corrected chi connectivity index (χ1v) is 6.65. The number of pyridine rings is 1. The van der Waals surface area contributed by atoms with Crippen molar-refractivity contribution in [1.82, 2.24) is 4.98 Å². The first-order chi connectivity index (χ1) is 10.1. The Kier molecular flexibility index (Phi) is 3.49. The molecule has 1 heterocycles. The van der Waals surface area contributed by atoms with E-state index in [9.17, 15) is 18.0 Å². The molecule has 108 valence electrons. The van der Waals surface area contributed by atoms with Crippen molar-refractivity contribution in [3.05, 3.63) is 65.0 Å². The zero-order chi connectivity index (χ0) is 15.0. The van der Waals surface area contributed by atoms with Gasteiger partial charge in [0.15, 0.2) is 17.4 Å². The number of carbonyl (C=O) groups excluding carboxylic acids is 1. The van der Waals surface area contributed by atoms with Gasteiger partial charge in [-0.2, -0.15) is 0 Å². The summed E-state index contributed by atoms with van der Waals surface area (Å²) in [5, 5.41) is 0. The van der Waals surface area contributed by atoms with Crippen LogP contribution in [0.25, 0.3) is 0 Å². The van der Waals surface area contributed by atoms with Crippen LogP contribution in [0.15, 0.2) is 36.5 Å². The van der Waals surface area contributed by atoms with Gasteiger partial charge in [0.1, 0.15) is 11.9 Å². The molecule has 2 atom stereocenters. The van der Waals surface area contributed by atoms with Gasteiger partial charge in [-0.1, -0.05) is 18.2 Å². The Bertz CT molecular complexity index is 702. The average Bonchev–Trinajstić information content (AvgIpc) is 2.62. The van der Waals surface area contributed by atoms with Gasteiger partial charge in [-0.05, 0) is 24.1 Å². The van der Waals surface area contributed by atoms with Crippen LogP contribution in [0, 0.1) is 11.6 Å². The van der Waals surface area contributed by atoms with E-state index in [2.05, 4.69) is 4.98 Å². The van der Waals surface area contributed by atoms with E-state index in [1.807, 2.05) is 0 Å². The molecule has 0 aliphatic heterocycles. The number of rotatable bonds is 1. The van der Waals surface area contributed by atoms with Crippen molar-refractivity contribution >= 4 is 5.78 Å². The summed E-state index contributed by atoms with van der Waals surface area (Å²) in [6.07, 6.45) is 0.0189. The van der Waals surface area contributed by atoms with Gasteiger partial charge in [0, 0.05) is 24.1 Å². The Hall–Kier alpha value is -2.17. The largest absolute Gasteiger partial charge is 0.292 e. The number of Topliss-reactive ketones (excluding diaryl/α,β-unsaturated/α-hetero) is 1.